The second-order valence-corrected chi connectivity index (χ2v) is 23.0. The van der Waals surface area contributed by atoms with Crippen molar-refractivity contribution in [2.75, 3.05) is 40.9 Å². The Morgan fingerprint density at radius 3 is 1.39 bits per heavy atom. The largest absolute Gasteiger partial charge is 0.472 e. The molecule has 0 fully saturated rings. The number of allylic oxidation sites excluding steroid dienone is 15. The molecule has 0 spiro atoms. The summed E-state index contributed by atoms with van der Waals surface area (Å²) in [7, 11) is 1.47. The Bertz CT molecular complexity index is 1610. The van der Waals surface area contributed by atoms with E-state index in [-0.39, 0.29) is 31.5 Å². The quantitative estimate of drug-likeness (QED) is 0.0156. The number of amides is 1. The first-order chi connectivity index (χ1) is 36.4. The molecule has 0 saturated carbocycles. The van der Waals surface area contributed by atoms with E-state index in [1.807, 2.05) is 33.3 Å². The molecule has 0 radical (unpaired) electrons. The zero-order chi connectivity index (χ0) is 55.0. The van der Waals surface area contributed by atoms with Gasteiger partial charge in [-0.15, -0.1) is 0 Å². The molecule has 0 aliphatic heterocycles. The summed E-state index contributed by atoms with van der Waals surface area (Å²) in [6, 6.07) is -0.864. The van der Waals surface area contributed by atoms with Gasteiger partial charge in [0.1, 0.15) is 19.3 Å². The molecular weight excluding hydrogens is 952 g/mol. The zero-order valence-electron chi connectivity index (χ0n) is 49.3. The third kappa shape index (κ3) is 55.5. The van der Waals surface area contributed by atoms with Crippen molar-refractivity contribution < 1.29 is 37.3 Å². The van der Waals surface area contributed by atoms with Crippen LogP contribution in [0.5, 0.6) is 0 Å². The predicted octanol–water partition coefficient (Wildman–Crippen LogP) is 18.8. The van der Waals surface area contributed by atoms with Crippen molar-refractivity contribution in [1.82, 2.24) is 5.32 Å². The fourth-order valence-corrected chi connectivity index (χ4v) is 9.05. The van der Waals surface area contributed by atoms with Gasteiger partial charge in [0.2, 0.25) is 5.91 Å². The summed E-state index contributed by atoms with van der Waals surface area (Å²) in [6.45, 7) is 6.84. The average molecular weight is 1070 g/mol. The molecule has 0 aromatic rings. The van der Waals surface area contributed by atoms with Gasteiger partial charge in [0, 0.05) is 12.8 Å². The molecule has 432 valence electrons. The molecular formula is C65H116N2O7P+. The third-order valence-electron chi connectivity index (χ3n) is 13.0. The highest BCUT2D eigenvalue weighted by atomic mass is 31.2. The molecule has 0 aromatic carbocycles. The molecule has 0 rings (SSSR count). The number of phosphoric acid groups is 1. The number of ether oxygens (including phenoxy) is 1. The zero-order valence-corrected chi connectivity index (χ0v) is 50.2. The highest BCUT2D eigenvalue weighted by Gasteiger charge is 2.30. The summed E-state index contributed by atoms with van der Waals surface area (Å²) in [5.41, 5.74) is 0. The highest BCUT2D eigenvalue weighted by Crippen LogP contribution is 2.43. The number of quaternary nitrogens is 1. The van der Waals surface area contributed by atoms with Crippen molar-refractivity contribution >= 4 is 19.7 Å². The summed E-state index contributed by atoms with van der Waals surface area (Å²) in [5, 5.41) is 3.04. The van der Waals surface area contributed by atoms with Gasteiger partial charge in [-0.25, -0.2) is 4.57 Å². The van der Waals surface area contributed by atoms with Gasteiger partial charge in [0.05, 0.1) is 33.8 Å². The van der Waals surface area contributed by atoms with Gasteiger partial charge in [0.15, 0.2) is 0 Å². The van der Waals surface area contributed by atoms with Crippen LogP contribution in [0.25, 0.3) is 0 Å². The Hall–Kier alpha value is -3.07. The van der Waals surface area contributed by atoms with Crippen LogP contribution in [0.2, 0.25) is 0 Å². The second-order valence-electron chi connectivity index (χ2n) is 21.5. The van der Waals surface area contributed by atoms with Crippen molar-refractivity contribution in [3.05, 3.63) is 97.2 Å². The van der Waals surface area contributed by atoms with Crippen molar-refractivity contribution in [3.63, 3.8) is 0 Å². The number of nitrogens with one attached hydrogen (secondary N) is 1. The first kappa shape index (κ1) is 71.9. The Morgan fingerprint density at radius 2 is 0.893 bits per heavy atom. The molecule has 0 saturated heterocycles. The second kappa shape index (κ2) is 54.3. The molecule has 0 heterocycles. The number of phosphoric ester groups is 1. The Morgan fingerprint density at radius 1 is 0.493 bits per heavy atom. The van der Waals surface area contributed by atoms with E-state index in [1.54, 1.807) is 0 Å². The summed E-state index contributed by atoms with van der Waals surface area (Å²) in [6.07, 6.45) is 72.6. The molecule has 0 aliphatic carbocycles. The van der Waals surface area contributed by atoms with Crippen LogP contribution in [-0.2, 0) is 27.9 Å². The van der Waals surface area contributed by atoms with Crippen molar-refractivity contribution in [2.45, 2.75) is 264 Å². The topological polar surface area (TPSA) is 111 Å². The Labute approximate surface area is 462 Å². The number of likely N-dealkylation sites (N-methyl/N-ethyl adjacent to an activating group) is 1. The molecule has 0 aliphatic rings. The number of unbranched alkanes of at least 4 members (excludes halogenated alkanes) is 25. The van der Waals surface area contributed by atoms with Gasteiger partial charge in [-0.1, -0.05) is 234 Å². The molecule has 10 heteroatoms. The van der Waals surface area contributed by atoms with Gasteiger partial charge in [-0.2, -0.15) is 0 Å². The Kier molecular flexibility index (Phi) is 52.1. The molecule has 3 unspecified atom stereocenters. The third-order valence-corrected chi connectivity index (χ3v) is 14.0. The van der Waals surface area contributed by atoms with Crippen LogP contribution >= 0.6 is 7.82 Å². The smallest absolute Gasteiger partial charge is 0.456 e. The van der Waals surface area contributed by atoms with Gasteiger partial charge >= 0.3 is 13.8 Å². The lowest BCUT2D eigenvalue weighted by Gasteiger charge is -2.27. The lowest BCUT2D eigenvalue weighted by molar-refractivity contribution is -0.870. The summed E-state index contributed by atoms with van der Waals surface area (Å²) < 4.78 is 30.6. The highest BCUT2D eigenvalue weighted by molar-refractivity contribution is 7.47. The molecule has 0 bridgehead atoms. The van der Waals surface area contributed by atoms with E-state index in [9.17, 15) is 19.0 Å². The summed E-state index contributed by atoms with van der Waals surface area (Å²) in [5.74, 6) is -0.536. The molecule has 9 nitrogen and oxygen atoms in total. The van der Waals surface area contributed by atoms with Crippen LogP contribution in [0.1, 0.15) is 252 Å². The number of carbonyl (C=O) groups is 2. The maximum atomic E-state index is 13.5. The lowest BCUT2D eigenvalue weighted by atomic mass is 10.1. The fraction of sp³-hybridized carbons (Fsp3) is 0.723. The van der Waals surface area contributed by atoms with E-state index in [0.29, 0.717) is 17.4 Å². The number of hydrogen-bond acceptors (Lipinski definition) is 6. The molecule has 75 heavy (non-hydrogen) atoms. The normalized spacial score (nSPS) is 14.4. The number of carbonyl (C=O) groups excluding carboxylic acids is 2. The average Bonchev–Trinajstić information content (AvgIpc) is 3.37. The lowest BCUT2D eigenvalue weighted by Crippen LogP contribution is -2.47. The standard InChI is InChI=1S/C65H115N2O7P/c1-7-10-13-16-19-22-25-27-29-30-31-32-33-34-35-36-38-40-43-46-49-52-55-58-65(69)74-63(56-53-50-47-44-41-24-21-18-15-12-9-3)62(61-73-75(70,71)72-60-59-67(4,5)6)66-64(68)57-54-51-48-45-42-39-37-28-26-23-20-17-14-11-8-2/h10,13,19-20,22-23,26-29,31-32,34-35,53,56,62-63H,7-9,11-12,14-18,21,24-25,30,33,36-52,54-55,57-61H2,1-6H3,(H-,66,68,70,71)/p+1/b13-10-,22-19-,23-20+,28-26+,29-27-,32-31-,35-34-,56-53-. The first-order valence-electron chi connectivity index (χ1n) is 30.6. The minimum atomic E-state index is -4.46. The maximum absolute atomic E-state index is 13.5. The minimum absolute atomic E-state index is 0.0315. The number of rotatable bonds is 54. The van der Waals surface area contributed by atoms with Gasteiger partial charge < -0.3 is 19.4 Å². The molecule has 1 amide bonds. The van der Waals surface area contributed by atoms with Crippen molar-refractivity contribution in [3.8, 4) is 0 Å². The van der Waals surface area contributed by atoms with E-state index >= 15 is 0 Å². The summed E-state index contributed by atoms with van der Waals surface area (Å²) in [4.78, 5) is 37.7. The number of nitrogens with zero attached hydrogens (tertiary/aromatic N) is 1. The summed E-state index contributed by atoms with van der Waals surface area (Å²) >= 11 is 0. The fourth-order valence-electron chi connectivity index (χ4n) is 8.31. The van der Waals surface area contributed by atoms with E-state index in [0.717, 1.165) is 128 Å². The van der Waals surface area contributed by atoms with Crippen LogP contribution in [0.15, 0.2) is 97.2 Å². The van der Waals surface area contributed by atoms with Crippen molar-refractivity contribution in [2.24, 2.45) is 0 Å². The van der Waals surface area contributed by atoms with E-state index in [4.69, 9.17) is 13.8 Å². The van der Waals surface area contributed by atoms with Gasteiger partial charge in [0.25, 0.3) is 0 Å². The van der Waals surface area contributed by atoms with Crippen LogP contribution in [0.4, 0.5) is 0 Å². The first-order valence-corrected chi connectivity index (χ1v) is 32.1. The van der Waals surface area contributed by atoms with Gasteiger partial charge in [-0.05, 0) is 102 Å². The van der Waals surface area contributed by atoms with Crippen molar-refractivity contribution in [1.29, 1.82) is 0 Å². The van der Waals surface area contributed by atoms with Crippen LogP contribution in [-0.4, -0.2) is 74.3 Å². The molecule has 2 N–H and O–H groups in total. The predicted molar refractivity (Wildman–Crippen MR) is 323 cm³/mol. The molecule has 0 aromatic heterocycles. The van der Waals surface area contributed by atoms with E-state index < -0.39 is 20.0 Å². The van der Waals surface area contributed by atoms with E-state index in [1.165, 1.54) is 89.9 Å². The number of hydrogen-bond donors (Lipinski definition) is 2. The Balaban J connectivity index is 5.24. The maximum Gasteiger partial charge on any atom is 0.472 e. The number of esters is 1. The van der Waals surface area contributed by atoms with Crippen LogP contribution in [0.3, 0.4) is 0 Å². The molecule has 3 atom stereocenters. The van der Waals surface area contributed by atoms with Crippen LogP contribution < -0.4 is 5.32 Å². The SMILES string of the molecule is CC/C=C\C/C=C\C/C=C\C/C=C\C/C=C\CCCCCCCCCC(=O)OC(/C=C\CCCCCCCCCCC)C(COP(=O)(O)OCC[N+](C)(C)C)NC(=O)CCCCCCCC/C=C/C=C/CCCCC. The minimum Gasteiger partial charge on any atom is -0.456 e. The monoisotopic (exact) mass is 1070 g/mol. The van der Waals surface area contributed by atoms with Gasteiger partial charge in [-0.3, -0.25) is 18.6 Å². The van der Waals surface area contributed by atoms with E-state index in [2.05, 4.69) is 111 Å². The van der Waals surface area contributed by atoms with Crippen LogP contribution in [0, 0.1) is 0 Å².